The Labute approximate surface area is 240 Å². The first-order valence-electron chi connectivity index (χ1n) is 13.4. The van der Waals surface area contributed by atoms with Gasteiger partial charge in [-0.1, -0.05) is 61.8 Å². The van der Waals surface area contributed by atoms with Crippen LogP contribution in [0.5, 0.6) is 0 Å². The van der Waals surface area contributed by atoms with E-state index in [-0.39, 0.29) is 6.61 Å². The van der Waals surface area contributed by atoms with Crippen molar-refractivity contribution in [1.29, 1.82) is 0 Å². The highest BCUT2D eigenvalue weighted by Gasteiger charge is 2.54. The van der Waals surface area contributed by atoms with E-state index < -0.39 is 59.9 Å². The molecule has 8 nitrogen and oxygen atoms in total. The Morgan fingerprint density at radius 3 is 1.85 bits per heavy atom. The average Bonchev–Trinajstić information content (AvgIpc) is 2.87. The Balaban J connectivity index is 2.13. The van der Waals surface area contributed by atoms with Gasteiger partial charge in [0.25, 0.3) is 0 Å². The van der Waals surface area contributed by atoms with Crippen LogP contribution >= 0.6 is 11.6 Å². The first-order valence-corrected chi connectivity index (χ1v) is 13.8. The van der Waals surface area contributed by atoms with Gasteiger partial charge in [-0.25, -0.2) is 0 Å². The molecule has 9 heteroatoms. The molecule has 2 aromatic rings. The number of carbonyl (C=O) groups excluding carboxylic acids is 4. The molecule has 6 atom stereocenters. The average molecular weight is 573 g/mol. The van der Waals surface area contributed by atoms with E-state index in [1.54, 1.807) is 13.0 Å². The molecule has 0 aliphatic heterocycles. The fraction of sp³-hybridized carbons (Fsp3) is 0.484. The van der Waals surface area contributed by atoms with Crippen molar-refractivity contribution in [1.82, 2.24) is 0 Å². The summed E-state index contributed by atoms with van der Waals surface area (Å²) >= 11 is 6.62. The van der Waals surface area contributed by atoms with Crippen LogP contribution in [0.3, 0.4) is 0 Å². The smallest absolute Gasteiger partial charge is 0.302 e. The summed E-state index contributed by atoms with van der Waals surface area (Å²) in [6, 6.07) is 13.8. The number of hydrogen-bond acceptors (Lipinski definition) is 8. The fourth-order valence-corrected chi connectivity index (χ4v) is 5.67. The van der Waals surface area contributed by atoms with Crippen LogP contribution in [0.4, 0.5) is 0 Å². The molecular weight excluding hydrogens is 536 g/mol. The van der Waals surface area contributed by atoms with Gasteiger partial charge in [-0.3, -0.25) is 19.2 Å². The second-order valence-electron chi connectivity index (χ2n) is 10.3. The van der Waals surface area contributed by atoms with Crippen LogP contribution < -0.4 is 0 Å². The van der Waals surface area contributed by atoms with Crippen molar-refractivity contribution >= 4 is 35.5 Å². The van der Waals surface area contributed by atoms with E-state index in [1.165, 1.54) is 33.3 Å². The molecule has 0 N–H and O–H groups in total. The Morgan fingerprint density at radius 1 is 0.750 bits per heavy atom. The molecule has 0 unspecified atom stereocenters. The lowest BCUT2D eigenvalue weighted by atomic mass is 9.67. The van der Waals surface area contributed by atoms with Crippen molar-refractivity contribution in [3.05, 3.63) is 69.7 Å². The molecule has 1 aliphatic rings. The summed E-state index contributed by atoms with van der Waals surface area (Å²) in [4.78, 5) is 48.5. The number of halogens is 1. The summed E-state index contributed by atoms with van der Waals surface area (Å²) in [5.41, 5.74) is 3.87. The molecule has 0 saturated heterocycles. The predicted molar refractivity (Wildman–Crippen MR) is 149 cm³/mol. The van der Waals surface area contributed by atoms with Crippen molar-refractivity contribution in [3.63, 3.8) is 0 Å². The van der Waals surface area contributed by atoms with Crippen LogP contribution in [0.25, 0.3) is 0 Å². The molecule has 2 aromatic carbocycles. The molecule has 3 rings (SSSR count). The summed E-state index contributed by atoms with van der Waals surface area (Å²) in [5, 5.41) is 0.564. The van der Waals surface area contributed by atoms with Crippen LogP contribution in [0, 0.1) is 11.8 Å². The molecule has 1 aliphatic carbocycles. The zero-order valence-electron chi connectivity index (χ0n) is 23.8. The molecule has 0 aromatic heterocycles. The van der Waals surface area contributed by atoms with E-state index in [0.717, 1.165) is 23.1 Å². The van der Waals surface area contributed by atoms with Crippen molar-refractivity contribution in [3.8, 4) is 0 Å². The zero-order chi connectivity index (χ0) is 29.6. The number of carbonyl (C=O) groups is 4. The third-order valence-electron chi connectivity index (χ3n) is 7.25. The van der Waals surface area contributed by atoms with Crippen LogP contribution in [0.15, 0.2) is 42.5 Å². The molecule has 0 heterocycles. The van der Waals surface area contributed by atoms with Crippen molar-refractivity contribution in [2.24, 2.45) is 11.8 Å². The van der Waals surface area contributed by atoms with E-state index in [0.29, 0.717) is 11.4 Å². The van der Waals surface area contributed by atoms with Crippen molar-refractivity contribution < 1.29 is 38.1 Å². The maximum absolute atomic E-state index is 12.4. The molecular formula is C31H37ClO8. The summed E-state index contributed by atoms with van der Waals surface area (Å²) in [7, 11) is 0. The Morgan fingerprint density at radius 2 is 1.30 bits per heavy atom. The fourth-order valence-electron chi connectivity index (χ4n) is 5.49. The van der Waals surface area contributed by atoms with Gasteiger partial charge in [0.05, 0.1) is 11.8 Å². The summed E-state index contributed by atoms with van der Waals surface area (Å²) in [5.74, 6) is -4.10. The molecule has 0 amide bonds. The van der Waals surface area contributed by atoms with E-state index in [9.17, 15) is 19.2 Å². The van der Waals surface area contributed by atoms with E-state index in [2.05, 4.69) is 31.2 Å². The van der Waals surface area contributed by atoms with Gasteiger partial charge < -0.3 is 18.9 Å². The van der Waals surface area contributed by atoms with Crippen LogP contribution in [0.1, 0.15) is 69.7 Å². The van der Waals surface area contributed by atoms with Gasteiger partial charge in [0.2, 0.25) is 0 Å². The Bertz CT molecular complexity index is 1220. The molecule has 0 radical (unpaired) electrons. The number of esters is 4. The molecule has 0 spiro atoms. The van der Waals surface area contributed by atoms with Crippen molar-refractivity contribution in [2.45, 2.75) is 78.6 Å². The minimum absolute atomic E-state index is 0.164. The van der Waals surface area contributed by atoms with Gasteiger partial charge in [-0.2, -0.15) is 0 Å². The highest BCUT2D eigenvalue weighted by Crippen LogP contribution is 2.45. The topological polar surface area (TPSA) is 105 Å². The molecule has 0 bridgehead atoms. The molecule has 1 saturated carbocycles. The Hall–Kier alpha value is -3.39. The summed E-state index contributed by atoms with van der Waals surface area (Å²) < 4.78 is 22.7. The highest BCUT2D eigenvalue weighted by atomic mass is 35.5. The SMILES string of the molecule is CCc1ccc(Cc2cc([C@H]3[C@H](OC(C)=O)[C@@H](C)[C@H](OC(C)=O)[C@@H](COC(C)=O)[C@@H]3OC(C)=O)ccc2Cl)cc1. The standard InChI is InChI=1S/C31H37ClO8/c1-7-22-8-10-23(11-9-22)14-25-15-24(12-13-27(25)32)28-30(39-20(5)35)17(2)29(38-19(4)34)26(16-37-18(3)33)31(28)40-21(6)36/h8-13,15,17,26,28-31H,7,14,16H2,1-6H3/t17-,26+,28-,29-,30+,31-/m0/s1. The number of ether oxygens (including phenoxy) is 4. The summed E-state index contributed by atoms with van der Waals surface area (Å²) in [6.07, 6.45) is -1.13. The maximum atomic E-state index is 12.4. The monoisotopic (exact) mass is 572 g/mol. The lowest BCUT2D eigenvalue weighted by Gasteiger charge is -2.48. The molecule has 216 valence electrons. The van der Waals surface area contributed by atoms with Crippen molar-refractivity contribution in [2.75, 3.05) is 6.61 Å². The quantitative estimate of drug-likeness (QED) is 0.298. The van der Waals surface area contributed by atoms with Gasteiger partial charge in [0, 0.05) is 38.6 Å². The minimum Gasteiger partial charge on any atom is -0.465 e. The molecule has 40 heavy (non-hydrogen) atoms. The van der Waals surface area contributed by atoms with E-state index in [1.807, 2.05) is 12.1 Å². The van der Waals surface area contributed by atoms with Crippen LogP contribution in [-0.4, -0.2) is 48.8 Å². The maximum Gasteiger partial charge on any atom is 0.302 e. The summed E-state index contributed by atoms with van der Waals surface area (Å²) in [6.45, 7) is 8.83. The lowest BCUT2D eigenvalue weighted by Crippen LogP contribution is -2.58. The highest BCUT2D eigenvalue weighted by molar-refractivity contribution is 6.31. The first-order chi connectivity index (χ1) is 18.9. The minimum atomic E-state index is -0.945. The molecule has 1 fully saturated rings. The van der Waals surface area contributed by atoms with Gasteiger partial charge in [0.15, 0.2) is 0 Å². The lowest BCUT2D eigenvalue weighted by molar-refractivity contribution is -0.198. The number of benzene rings is 2. The van der Waals surface area contributed by atoms with Crippen LogP contribution in [0.2, 0.25) is 5.02 Å². The predicted octanol–water partition coefficient (Wildman–Crippen LogP) is 5.20. The normalized spacial score (nSPS) is 24.1. The largest absolute Gasteiger partial charge is 0.465 e. The van der Waals surface area contributed by atoms with Gasteiger partial charge in [-0.15, -0.1) is 0 Å². The zero-order valence-corrected chi connectivity index (χ0v) is 24.5. The Kier molecular flexibility index (Phi) is 10.7. The first kappa shape index (κ1) is 31.1. The van der Waals surface area contributed by atoms with E-state index >= 15 is 0 Å². The van der Waals surface area contributed by atoms with Crippen LogP contribution in [-0.2, 0) is 51.0 Å². The van der Waals surface area contributed by atoms with E-state index in [4.69, 9.17) is 30.5 Å². The van der Waals surface area contributed by atoms with Gasteiger partial charge in [-0.05, 0) is 41.2 Å². The number of hydrogen-bond donors (Lipinski definition) is 0. The van der Waals surface area contributed by atoms with Gasteiger partial charge >= 0.3 is 23.9 Å². The number of rotatable bonds is 9. The second kappa shape index (κ2) is 13.8. The van der Waals surface area contributed by atoms with Gasteiger partial charge in [0.1, 0.15) is 24.9 Å². The third-order valence-corrected chi connectivity index (χ3v) is 7.62. The second-order valence-corrected chi connectivity index (χ2v) is 10.7. The number of aryl methyl sites for hydroxylation is 1. The third kappa shape index (κ3) is 7.84.